The third-order valence-corrected chi connectivity index (χ3v) is 4.76. The van der Waals surface area contributed by atoms with Crippen molar-refractivity contribution in [1.82, 2.24) is 0 Å². The Hall–Kier alpha value is -3.45. The van der Waals surface area contributed by atoms with Gasteiger partial charge in [-0.1, -0.05) is 41.4 Å². The summed E-state index contributed by atoms with van der Waals surface area (Å²) in [7, 11) is 1.18. The first-order valence-electron chi connectivity index (χ1n) is 9.17. The number of amides is 1. The van der Waals surface area contributed by atoms with Crippen LogP contribution >= 0.6 is 11.6 Å². The number of esters is 1. The minimum atomic E-state index is -0.929. The van der Waals surface area contributed by atoms with Gasteiger partial charge < -0.3 is 9.47 Å². The van der Waals surface area contributed by atoms with E-state index in [4.69, 9.17) is 16.3 Å². The van der Waals surface area contributed by atoms with Crippen LogP contribution in [-0.4, -0.2) is 19.2 Å². The molecule has 8 heteroatoms. The lowest BCUT2D eigenvalue weighted by Gasteiger charge is -2.23. The summed E-state index contributed by atoms with van der Waals surface area (Å²) in [5.41, 5.74) is 0.825. The van der Waals surface area contributed by atoms with Crippen LogP contribution in [0.2, 0.25) is 5.02 Å². The van der Waals surface area contributed by atoms with Gasteiger partial charge in [-0.25, -0.2) is 18.4 Å². The highest BCUT2D eigenvalue weighted by Crippen LogP contribution is 2.29. The Morgan fingerprint density at radius 3 is 2.39 bits per heavy atom. The summed E-state index contributed by atoms with van der Waals surface area (Å²) in [4.78, 5) is 25.4. The Labute approximate surface area is 182 Å². The molecular formula is C23H18ClF2NO4. The molecule has 0 saturated heterocycles. The fourth-order valence-electron chi connectivity index (χ4n) is 2.80. The summed E-state index contributed by atoms with van der Waals surface area (Å²) in [5.74, 6) is -2.08. The number of ether oxygens (including phenoxy) is 2. The summed E-state index contributed by atoms with van der Waals surface area (Å²) in [6.07, 6.45) is -0.929. The molecule has 5 nitrogen and oxygen atoms in total. The summed E-state index contributed by atoms with van der Waals surface area (Å²) < 4.78 is 39.2. The molecule has 0 heterocycles. The number of methoxy groups -OCH3 is 1. The van der Waals surface area contributed by atoms with Gasteiger partial charge in [-0.3, -0.25) is 4.90 Å². The van der Waals surface area contributed by atoms with E-state index in [1.165, 1.54) is 37.4 Å². The topological polar surface area (TPSA) is 55.8 Å². The highest BCUT2D eigenvalue weighted by atomic mass is 35.5. The van der Waals surface area contributed by atoms with E-state index in [0.717, 1.165) is 16.5 Å². The van der Waals surface area contributed by atoms with E-state index in [0.29, 0.717) is 0 Å². The number of carbonyl (C=O) groups excluding carboxylic acids is 2. The second kappa shape index (κ2) is 9.57. The number of anilines is 1. The van der Waals surface area contributed by atoms with Gasteiger partial charge in [-0.05, 0) is 43.3 Å². The fourth-order valence-corrected chi connectivity index (χ4v) is 2.97. The lowest BCUT2D eigenvalue weighted by atomic mass is 10.1. The second-order valence-electron chi connectivity index (χ2n) is 6.64. The lowest BCUT2D eigenvalue weighted by Crippen LogP contribution is -2.34. The Morgan fingerprint density at radius 1 is 1.03 bits per heavy atom. The Bertz CT molecular complexity index is 1120. The van der Waals surface area contributed by atoms with Crippen molar-refractivity contribution in [1.29, 1.82) is 0 Å². The molecule has 0 radical (unpaired) electrons. The van der Waals surface area contributed by atoms with Gasteiger partial charge in [0.05, 0.1) is 29.9 Å². The second-order valence-corrected chi connectivity index (χ2v) is 7.05. The van der Waals surface area contributed by atoms with Gasteiger partial charge in [0.25, 0.3) is 0 Å². The molecule has 0 aliphatic rings. The Morgan fingerprint density at radius 2 is 1.74 bits per heavy atom. The molecular weight excluding hydrogens is 428 g/mol. The summed E-state index contributed by atoms with van der Waals surface area (Å²) >= 11 is 5.87. The van der Waals surface area contributed by atoms with Gasteiger partial charge in [-0.15, -0.1) is 0 Å². The quantitative estimate of drug-likeness (QED) is 0.457. The Balaban J connectivity index is 1.96. The van der Waals surface area contributed by atoms with Crippen LogP contribution < -0.4 is 9.64 Å². The first-order valence-corrected chi connectivity index (χ1v) is 9.54. The van der Waals surface area contributed by atoms with E-state index in [2.05, 4.69) is 4.74 Å². The third kappa shape index (κ3) is 5.19. The normalized spacial score (nSPS) is 10.5. The van der Waals surface area contributed by atoms with Crippen molar-refractivity contribution >= 4 is 29.4 Å². The molecule has 3 aromatic carbocycles. The van der Waals surface area contributed by atoms with Crippen LogP contribution in [0, 0.1) is 18.6 Å². The van der Waals surface area contributed by atoms with Gasteiger partial charge in [0.15, 0.2) is 5.82 Å². The van der Waals surface area contributed by atoms with Crippen molar-refractivity contribution in [2.75, 3.05) is 12.0 Å². The number of nitrogens with zero attached hydrogens (tertiary/aromatic N) is 1. The fraction of sp³-hybridized carbons (Fsp3) is 0.130. The predicted molar refractivity (Wildman–Crippen MR) is 113 cm³/mol. The van der Waals surface area contributed by atoms with Gasteiger partial charge >= 0.3 is 12.1 Å². The molecule has 3 aromatic rings. The van der Waals surface area contributed by atoms with Crippen molar-refractivity contribution in [2.45, 2.75) is 13.5 Å². The van der Waals surface area contributed by atoms with Crippen LogP contribution in [0.15, 0.2) is 60.7 Å². The number of halogens is 3. The molecule has 0 bridgehead atoms. The first-order chi connectivity index (χ1) is 14.8. The van der Waals surface area contributed by atoms with E-state index < -0.39 is 23.7 Å². The van der Waals surface area contributed by atoms with E-state index in [-0.39, 0.29) is 34.1 Å². The average Bonchev–Trinajstić information content (AvgIpc) is 2.76. The molecule has 0 aromatic heterocycles. The number of carbonyl (C=O) groups is 2. The smallest absolute Gasteiger partial charge is 0.420 e. The SMILES string of the molecule is COC(=O)c1ccc(CN(C(=O)Oc2ccc(C)cc2)c2cccc(Cl)c2F)c(F)c1. The minimum Gasteiger partial charge on any atom is -0.465 e. The van der Waals surface area contributed by atoms with Crippen LogP contribution in [0.3, 0.4) is 0 Å². The number of hydrogen-bond donors (Lipinski definition) is 0. The number of rotatable bonds is 5. The van der Waals surface area contributed by atoms with Crippen LogP contribution in [0.5, 0.6) is 5.75 Å². The van der Waals surface area contributed by atoms with Crippen molar-refractivity contribution in [2.24, 2.45) is 0 Å². The molecule has 0 atom stereocenters. The van der Waals surface area contributed by atoms with Crippen molar-refractivity contribution in [3.63, 3.8) is 0 Å². The van der Waals surface area contributed by atoms with Crippen molar-refractivity contribution < 1.29 is 27.8 Å². The number of benzene rings is 3. The zero-order valence-electron chi connectivity index (χ0n) is 16.7. The standard InChI is InChI=1S/C23H18ClF2NO4/c1-14-6-10-17(11-7-14)31-23(29)27(20-5-3-4-18(24)21(20)26)13-16-9-8-15(12-19(16)25)22(28)30-2/h3-12H,13H2,1-2H3. The largest absolute Gasteiger partial charge is 0.465 e. The lowest BCUT2D eigenvalue weighted by molar-refractivity contribution is 0.0600. The maximum absolute atomic E-state index is 14.7. The van der Waals surface area contributed by atoms with Gasteiger partial charge in [-0.2, -0.15) is 0 Å². The van der Waals surface area contributed by atoms with Crippen LogP contribution in [0.25, 0.3) is 0 Å². The van der Waals surface area contributed by atoms with Crippen LogP contribution in [0.4, 0.5) is 19.3 Å². The predicted octanol–water partition coefficient (Wildman–Crippen LogP) is 5.92. The van der Waals surface area contributed by atoms with E-state index in [9.17, 15) is 18.4 Å². The van der Waals surface area contributed by atoms with E-state index >= 15 is 0 Å². The summed E-state index contributed by atoms with van der Waals surface area (Å²) in [6.45, 7) is 1.51. The molecule has 0 saturated carbocycles. The minimum absolute atomic E-state index is 0.00599. The highest BCUT2D eigenvalue weighted by molar-refractivity contribution is 6.31. The molecule has 0 fully saturated rings. The highest BCUT2D eigenvalue weighted by Gasteiger charge is 2.24. The Kier molecular flexibility index (Phi) is 6.87. The maximum atomic E-state index is 14.7. The van der Waals surface area contributed by atoms with Crippen molar-refractivity contribution in [3.05, 3.63) is 94.0 Å². The average molecular weight is 446 g/mol. The molecule has 0 aliphatic heterocycles. The molecule has 0 N–H and O–H groups in total. The van der Waals surface area contributed by atoms with E-state index in [1.54, 1.807) is 24.3 Å². The molecule has 1 amide bonds. The molecule has 0 spiro atoms. The van der Waals surface area contributed by atoms with Crippen LogP contribution in [0.1, 0.15) is 21.5 Å². The monoisotopic (exact) mass is 445 g/mol. The summed E-state index contributed by atoms with van der Waals surface area (Å²) in [5, 5.41) is -0.202. The van der Waals surface area contributed by atoms with Crippen LogP contribution in [-0.2, 0) is 11.3 Å². The molecule has 160 valence electrons. The third-order valence-electron chi connectivity index (χ3n) is 4.47. The summed E-state index contributed by atoms with van der Waals surface area (Å²) in [6, 6.07) is 14.4. The van der Waals surface area contributed by atoms with Gasteiger partial charge in [0.1, 0.15) is 11.6 Å². The number of aryl methyl sites for hydroxylation is 1. The molecule has 0 aliphatic carbocycles. The van der Waals surface area contributed by atoms with E-state index in [1.807, 2.05) is 6.92 Å². The van der Waals surface area contributed by atoms with Gasteiger partial charge in [0.2, 0.25) is 0 Å². The first kappa shape index (κ1) is 22.2. The molecule has 3 rings (SSSR count). The zero-order valence-corrected chi connectivity index (χ0v) is 17.5. The van der Waals surface area contributed by atoms with Crippen molar-refractivity contribution in [3.8, 4) is 5.75 Å². The molecule has 31 heavy (non-hydrogen) atoms. The zero-order chi connectivity index (χ0) is 22.5. The molecule has 0 unspecified atom stereocenters. The number of hydrogen-bond acceptors (Lipinski definition) is 4. The maximum Gasteiger partial charge on any atom is 0.420 e. The van der Waals surface area contributed by atoms with Gasteiger partial charge in [0, 0.05) is 5.56 Å².